The number of amides is 2. The molecule has 7 rings (SSSR count). The van der Waals surface area contributed by atoms with Gasteiger partial charge in [-0.3, -0.25) is 13.9 Å². The number of fused-ring (bicyclic) bond motifs is 4. The SMILES string of the molecule is CS(=O)(=O)N1CC2(CCN(C(=O)[C@@H](Cc3ccc4c(c3)CCC=C4)NC(=O)C3=CC(O)c4ccccc4O3)CC2)c2ccccc21. The zero-order valence-corrected chi connectivity index (χ0v) is 26.5. The van der Waals surface area contributed by atoms with Crippen LogP contribution in [0.3, 0.4) is 0 Å². The molecule has 3 aromatic rings. The van der Waals surface area contributed by atoms with E-state index in [9.17, 15) is 23.1 Å². The molecule has 2 amide bonds. The van der Waals surface area contributed by atoms with E-state index in [0.717, 1.165) is 29.5 Å². The normalized spacial score (nSPS) is 20.2. The van der Waals surface area contributed by atoms with Gasteiger partial charge in [0.05, 0.1) is 11.9 Å². The first-order chi connectivity index (χ1) is 22.1. The Morgan fingerprint density at radius 2 is 1.83 bits per heavy atom. The third-order valence-corrected chi connectivity index (χ3v) is 10.9. The van der Waals surface area contributed by atoms with Crippen LogP contribution in [0.25, 0.3) is 6.08 Å². The summed E-state index contributed by atoms with van der Waals surface area (Å²) in [6.07, 6.45) is 9.22. The molecule has 46 heavy (non-hydrogen) atoms. The lowest BCUT2D eigenvalue weighted by molar-refractivity contribution is -0.137. The smallest absolute Gasteiger partial charge is 0.287 e. The Morgan fingerprint density at radius 3 is 2.63 bits per heavy atom. The minimum atomic E-state index is -3.46. The van der Waals surface area contributed by atoms with Crippen LogP contribution < -0.4 is 14.4 Å². The van der Waals surface area contributed by atoms with E-state index in [1.807, 2.05) is 30.3 Å². The number of rotatable bonds is 6. The summed E-state index contributed by atoms with van der Waals surface area (Å²) in [7, 11) is -3.46. The highest BCUT2D eigenvalue weighted by Crippen LogP contribution is 2.48. The van der Waals surface area contributed by atoms with E-state index in [0.29, 0.717) is 55.9 Å². The van der Waals surface area contributed by atoms with Crippen molar-refractivity contribution in [1.82, 2.24) is 10.2 Å². The summed E-state index contributed by atoms with van der Waals surface area (Å²) in [6, 6.07) is 19.9. The van der Waals surface area contributed by atoms with Crippen molar-refractivity contribution in [2.75, 3.05) is 30.2 Å². The van der Waals surface area contributed by atoms with Crippen LogP contribution in [0.4, 0.5) is 5.69 Å². The lowest BCUT2D eigenvalue weighted by atomic mass is 9.74. The van der Waals surface area contributed by atoms with Gasteiger partial charge in [-0.05, 0) is 66.1 Å². The summed E-state index contributed by atoms with van der Waals surface area (Å²) in [5.74, 6) is -0.436. The van der Waals surface area contributed by atoms with Crippen molar-refractivity contribution in [3.8, 4) is 5.75 Å². The van der Waals surface area contributed by atoms with Crippen molar-refractivity contribution < 1.29 is 27.9 Å². The molecule has 2 N–H and O–H groups in total. The lowest BCUT2D eigenvalue weighted by Crippen LogP contribution is -2.54. The van der Waals surface area contributed by atoms with Gasteiger partial charge in [-0.25, -0.2) is 8.42 Å². The minimum Gasteiger partial charge on any atom is -0.451 e. The summed E-state index contributed by atoms with van der Waals surface area (Å²) in [5.41, 5.74) is 5.22. The quantitative estimate of drug-likeness (QED) is 0.421. The maximum atomic E-state index is 14.2. The summed E-state index contributed by atoms with van der Waals surface area (Å²) < 4.78 is 32.6. The highest BCUT2D eigenvalue weighted by Gasteiger charge is 2.48. The molecule has 4 aliphatic rings. The number of carbonyl (C=O) groups is 2. The topological polar surface area (TPSA) is 116 Å². The first kappa shape index (κ1) is 30.3. The lowest BCUT2D eigenvalue weighted by Gasteiger charge is -2.41. The standard InChI is InChI=1S/C36H37N3O6S/c1-46(43,44)39-23-36(28-11-5-6-12-30(28)39)16-18-38(19-17-36)35(42)29(21-24-14-15-25-8-2-3-9-26(25)20-24)37-34(41)33-22-31(40)27-10-4-7-13-32(27)45-33/h2,4-8,10-15,20,22,29,31,40H,3,9,16-19,21,23H2,1H3,(H,37,41)/t29-,31?/m1/s1. The molecular formula is C36H37N3O6S. The van der Waals surface area contributed by atoms with Crippen LogP contribution in [0, 0.1) is 0 Å². The third-order valence-electron chi connectivity index (χ3n) is 9.74. The van der Waals surface area contributed by atoms with Gasteiger partial charge in [0.25, 0.3) is 5.91 Å². The predicted octanol–water partition coefficient (Wildman–Crippen LogP) is 4.02. The van der Waals surface area contributed by atoms with E-state index in [1.54, 1.807) is 29.2 Å². The molecule has 10 heteroatoms. The largest absolute Gasteiger partial charge is 0.451 e. The molecule has 2 atom stereocenters. The third kappa shape index (κ3) is 5.60. The van der Waals surface area contributed by atoms with Crippen molar-refractivity contribution in [3.05, 3.63) is 112 Å². The Balaban J connectivity index is 1.12. The number of nitrogens with zero attached hydrogens (tertiary/aromatic N) is 2. The molecule has 3 aromatic carbocycles. The van der Waals surface area contributed by atoms with Gasteiger partial charge in [0.15, 0.2) is 5.76 Å². The Kier molecular flexibility index (Phi) is 7.73. The Labute approximate surface area is 269 Å². The number of benzene rings is 3. The molecule has 0 saturated carbocycles. The maximum absolute atomic E-state index is 14.2. The molecule has 1 aliphatic carbocycles. The van der Waals surface area contributed by atoms with Gasteiger partial charge in [-0.2, -0.15) is 0 Å². The molecule has 0 radical (unpaired) electrons. The average molecular weight is 640 g/mol. The van der Waals surface area contributed by atoms with Crippen LogP contribution in [0.15, 0.2) is 84.6 Å². The number of carbonyl (C=O) groups excluding carboxylic acids is 2. The van der Waals surface area contributed by atoms with Crippen molar-refractivity contribution in [1.29, 1.82) is 0 Å². The van der Waals surface area contributed by atoms with Gasteiger partial charge in [0.2, 0.25) is 15.9 Å². The highest BCUT2D eigenvalue weighted by molar-refractivity contribution is 7.92. The van der Waals surface area contributed by atoms with Crippen LogP contribution in [0.1, 0.15) is 53.2 Å². The van der Waals surface area contributed by atoms with Gasteiger partial charge in [-0.15, -0.1) is 0 Å². The van der Waals surface area contributed by atoms with E-state index < -0.39 is 28.1 Å². The van der Waals surface area contributed by atoms with Crippen molar-refractivity contribution in [2.45, 2.75) is 49.7 Å². The number of sulfonamides is 1. The van der Waals surface area contributed by atoms with Crippen LogP contribution in [-0.2, 0) is 37.9 Å². The number of aliphatic hydroxyl groups is 1. The van der Waals surface area contributed by atoms with Gasteiger partial charge in [0.1, 0.15) is 17.9 Å². The number of aliphatic hydroxyl groups excluding tert-OH is 1. The molecule has 3 aliphatic heterocycles. The number of allylic oxidation sites excluding steroid dienone is 1. The summed E-state index contributed by atoms with van der Waals surface area (Å²) in [6.45, 7) is 1.21. The summed E-state index contributed by atoms with van der Waals surface area (Å²) >= 11 is 0. The number of piperidine rings is 1. The van der Waals surface area contributed by atoms with E-state index in [4.69, 9.17) is 4.74 Å². The van der Waals surface area contributed by atoms with Gasteiger partial charge >= 0.3 is 0 Å². The van der Waals surface area contributed by atoms with Gasteiger partial charge in [-0.1, -0.05) is 66.7 Å². The zero-order chi connectivity index (χ0) is 32.1. The van der Waals surface area contributed by atoms with E-state index in [-0.39, 0.29) is 17.1 Å². The van der Waals surface area contributed by atoms with Crippen LogP contribution in [0.2, 0.25) is 0 Å². The molecule has 3 heterocycles. The Hall–Kier alpha value is -4.41. The fraction of sp³-hybridized carbons (Fsp3) is 0.333. The monoisotopic (exact) mass is 639 g/mol. The number of likely N-dealkylation sites (tertiary alicyclic amines) is 1. The first-order valence-electron chi connectivity index (χ1n) is 15.7. The van der Waals surface area contributed by atoms with E-state index in [1.165, 1.54) is 22.2 Å². The summed E-state index contributed by atoms with van der Waals surface area (Å²) in [5, 5.41) is 13.6. The van der Waals surface area contributed by atoms with Crippen molar-refractivity contribution in [3.63, 3.8) is 0 Å². The number of anilines is 1. The van der Waals surface area contributed by atoms with E-state index >= 15 is 0 Å². The minimum absolute atomic E-state index is 0.0550. The number of aryl methyl sites for hydroxylation is 1. The molecule has 238 valence electrons. The fourth-order valence-electron chi connectivity index (χ4n) is 7.29. The van der Waals surface area contributed by atoms with Crippen LogP contribution in [-0.4, -0.2) is 62.2 Å². The maximum Gasteiger partial charge on any atom is 0.287 e. The highest BCUT2D eigenvalue weighted by atomic mass is 32.2. The second-order valence-corrected chi connectivity index (χ2v) is 14.6. The average Bonchev–Trinajstić information content (AvgIpc) is 3.38. The number of hydrogen-bond donors (Lipinski definition) is 2. The van der Waals surface area contributed by atoms with Gasteiger partial charge < -0.3 is 20.1 Å². The number of nitrogens with one attached hydrogen (secondary N) is 1. The molecule has 1 spiro atoms. The van der Waals surface area contributed by atoms with Crippen molar-refractivity contribution >= 4 is 33.6 Å². The molecule has 1 unspecified atom stereocenters. The predicted molar refractivity (Wildman–Crippen MR) is 176 cm³/mol. The first-order valence-corrected chi connectivity index (χ1v) is 17.6. The zero-order valence-electron chi connectivity index (χ0n) is 25.7. The molecule has 9 nitrogen and oxygen atoms in total. The molecule has 1 fully saturated rings. The number of ether oxygens (including phenoxy) is 1. The van der Waals surface area contributed by atoms with E-state index in [2.05, 4.69) is 29.6 Å². The van der Waals surface area contributed by atoms with Gasteiger partial charge in [0, 0.05) is 37.0 Å². The second kappa shape index (κ2) is 11.7. The Morgan fingerprint density at radius 1 is 1.07 bits per heavy atom. The summed E-state index contributed by atoms with van der Waals surface area (Å²) in [4.78, 5) is 29.6. The molecular weight excluding hydrogens is 602 g/mol. The molecule has 0 bridgehead atoms. The van der Waals surface area contributed by atoms with Crippen LogP contribution in [0.5, 0.6) is 5.75 Å². The molecule has 1 saturated heterocycles. The number of para-hydroxylation sites is 2. The van der Waals surface area contributed by atoms with Crippen molar-refractivity contribution in [2.24, 2.45) is 0 Å². The fourth-order valence-corrected chi connectivity index (χ4v) is 8.29. The number of hydrogen-bond acceptors (Lipinski definition) is 6. The molecule has 0 aromatic heterocycles. The Bertz CT molecular complexity index is 1880. The second-order valence-electron chi connectivity index (χ2n) is 12.7. The van der Waals surface area contributed by atoms with Crippen LogP contribution >= 0.6 is 0 Å².